The van der Waals surface area contributed by atoms with Crippen LogP contribution in [0, 0.1) is 6.92 Å². The van der Waals surface area contributed by atoms with Crippen LogP contribution in [0.25, 0.3) is 0 Å². The summed E-state index contributed by atoms with van der Waals surface area (Å²) in [7, 11) is -3.95. The van der Waals surface area contributed by atoms with E-state index in [0.717, 1.165) is 13.1 Å². The van der Waals surface area contributed by atoms with Crippen LogP contribution in [-0.4, -0.2) is 19.5 Å². The van der Waals surface area contributed by atoms with E-state index in [2.05, 4.69) is 73.3 Å². The first kappa shape index (κ1) is 22.5. The van der Waals surface area contributed by atoms with Gasteiger partial charge in [-0.2, -0.15) is 8.42 Å². The van der Waals surface area contributed by atoms with E-state index in [4.69, 9.17) is 10.3 Å². The van der Waals surface area contributed by atoms with E-state index in [9.17, 15) is 8.42 Å². The normalized spacial score (nSPS) is 10.7. The van der Waals surface area contributed by atoms with Crippen molar-refractivity contribution in [1.82, 2.24) is 0 Å². The molecule has 0 unspecified atom stereocenters. The second-order valence-corrected chi connectivity index (χ2v) is 8.26. The van der Waals surface area contributed by atoms with Crippen molar-refractivity contribution in [2.75, 3.05) is 17.2 Å². The molecule has 5 nitrogen and oxygen atoms in total. The van der Waals surface area contributed by atoms with E-state index in [1.54, 1.807) is 18.2 Å². The Kier molecular flexibility index (Phi) is 8.24. The van der Waals surface area contributed by atoms with Gasteiger partial charge < -0.3 is 10.6 Å². The van der Waals surface area contributed by atoms with E-state index < -0.39 is 15.9 Å². The Morgan fingerprint density at radius 3 is 2.14 bits per heavy atom. The number of nitrogens with two attached hydrogens (primary N) is 1. The predicted octanol–water partition coefficient (Wildman–Crippen LogP) is 4.68. The molecule has 0 saturated heterocycles. The zero-order valence-electron chi connectivity index (χ0n) is 16.8. The number of rotatable bonds is 6. The van der Waals surface area contributed by atoms with Crippen molar-refractivity contribution in [2.24, 2.45) is 0 Å². The Balaban J connectivity index is 0.000000221. The largest absolute Gasteiger partial charge is 0.399 e. The van der Waals surface area contributed by atoms with Gasteiger partial charge in [0.1, 0.15) is 5.75 Å². The van der Waals surface area contributed by atoms with Crippen molar-refractivity contribution < 1.29 is 13.0 Å². The standard InChI is InChI=1S/C16H19N.C7H9NO3S/c1-3-17(13-15-9-5-4-6-10-15)16-11-7-8-14(2)12-16;8-7-3-1-2-6(4-7)5-12(9,10)11/h4-12H,3,13H2,1-2H3;1-4H,5,8H2,(H,9,10,11). The third kappa shape index (κ3) is 8.37. The van der Waals surface area contributed by atoms with Crippen molar-refractivity contribution in [1.29, 1.82) is 0 Å². The fraction of sp³-hybridized carbons (Fsp3) is 0.217. The minimum absolute atomic E-state index is 0.391. The summed E-state index contributed by atoms with van der Waals surface area (Å²) in [5.74, 6) is -0.391. The van der Waals surface area contributed by atoms with Gasteiger partial charge in [-0.25, -0.2) is 0 Å². The molecular formula is C23H28N2O3S. The molecule has 0 aliphatic rings. The zero-order valence-corrected chi connectivity index (χ0v) is 17.6. The zero-order chi connectivity index (χ0) is 21.3. The lowest BCUT2D eigenvalue weighted by Crippen LogP contribution is -2.21. The second kappa shape index (κ2) is 10.6. The highest BCUT2D eigenvalue weighted by atomic mass is 32.2. The molecule has 0 radical (unpaired) electrons. The van der Waals surface area contributed by atoms with Gasteiger partial charge in [0.2, 0.25) is 0 Å². The van der Waals surface area contributed by atoms with Gasteiger partial charge in [0.15, 0.2) is 0 Å². The summed E-state index contributed by atoms with van der Waals surface area (Å²) >= 11 is 0. The van der Waals surface area contributed by atoms with E-state index in [0.29, 0.717) is 11.3 Å². The van der Waals surface area contributed by atoms with Crippen molar-refractivity contribution >= 4 is 21.5 Å². The summed E-state index contributed by atoms with van der Waals surface area (Å²) in [5, 5.41) is 0. The van der Waals surface area contributed by atoms with Gasteiger partial charge in [0, 0.05) is 24.5 Å². The molecule has 0 fully saturated rings. The molecule has 0 saturated carbocycles. The van der Waals surface area contributed by atoms with Crippen molar-refractivity contribution in [3.05, 3.63) is 95.6 Å². The maximum Gasteiger partial charge on any atom is 0.269 e. The van der Waals surface area contributed by atoms with Crippen molar-refractivity contribution in [3.63, 3.8) is 0 Å². The highest BCUT2D eigenvalue weighted by molar-refractivity contribution is 7.85. The lowest BCUT2D eigenvalue weighted by molar-refractivity contribution is 0.482. The third-order valence-electron chi connectivity index (χ3n) is 4.26. The van der Waals surface area contributed by atoms with Crippen LogP contribution >= 0.6 is 0 Å². The third-order valence-corrected chi connectivity index (χ3v) is 4.96. The maximum atomic E-state index is 10.4. The van der Waals surface area contributed by atoms with Crippen LogP contribution in [0.3, 0.4) is 0 Å². The molecule has 6 heteroatoms. The first-order chi connectivity index (χ1) is 13.8. The van der Waals surface area contributed by atoms with Crippen LogP contribution in [0.15, 0.2) is 78.9 Å². The molecule has 29 heavy (non-hydrogen) atoms. The number of benzene rings is 3. The second-order valence-electron chi connectivity index (χ2n) is 6.81. The minimum atomic E-state index is -3.95. The molecule has 0 bridgehead atoms. The van der Waals surface area contributed by atoms with Gasteiger partial charge in [-0.3, -0.25) is 4.55 Å². The van der Waals surface area contributed by atoms with Crippen LogP contribution in [0.5, 0.6) is 0 Å². The number of hydrogen-bond acceptors (Lipinski definition) is 4. The maximum absolute atomic E-state index is 10.4. The molecule has 0 heterocycles. The summed E-state index contributed by atoms with van der Waals surface area (Å²) in [5.41, 5.74) is 10.3. The van der Waals surface area contributed by atoms with E-state index in [-0.39, 0.29) is 0 Å². The van der Waals surface area contributed by atoms with Gasteiger partial charge >= 0.3 is 0 Å². The molecule has 0 spiro atoms. The number of nitrogens with zero attached hydrogens (tertiary/aromatic N) is 1. The summed E-state index contributed by atoms with van der Waals surface area (Å²) in [6.45, 7) is 6.34. The number of hydrogen-bond donors (Lipinski definition) is 2. The average molecular weight is 413 g/mol. The summed E-state index contributed by atoms with van der Waals surface area (Å²) in [4.78, 5) is 2.39. The molecular weight excluding hydrogens is 384 g/mol. The van der Waals surface area contributed by atoms with Crippen molar-refractivity contribution in [3.8, 4) is 0 Å². The molecule has 3 rings (SSSR count). The fourth-order valence-corrected chi connectivity index (χ4v) is 3.51. The Hall–Kier alpha value is -2.83. The predicted molar refractivity (Wildman–Crippen MR) is 120 cm³/mol. The smallest absolute Gasteiger partial charge is 0.269 e. The summed E-state index contributed by atoms with van der Waals surface area (Å²) < 4.78 is 29.3. The molecule has 3 aromatic carbocycles. The summed E-state index contributed by atoms with van der Waals surface area (Å²) in [6, 6.07) is 25.7. The quantitative estimate of drug-likeness (QED) is 0.454. The van der Waals surface area contributed by atoms with Gasteiger partial charge in [-0.1, -0.05) is 54.6 Å². The van der Waals surface area contributed by atoms with Gasteiger partial charge in [-0.05, 0) is 54.8 Å². The molecule has 3 N–H and O–H groups in total. The molecule has 0 aromatic heterocycles. The molecule has 154 valence electrons. The molecule has 0 aliphatic heterocycles. The van der Waals surface area contributed by atoms with E-state index >= 15 is 0 Å². The topological polar surface area (TPSA) is 83.6 Å². The first-order valence-corrected chi connectivity index (χ1v) is 11.0. The van der Waals surface area contributed by atoms with Crippen LogP contribution in [0.1, 0.15) is 23.6 Å². The highest BCUT2D eigenvalue weighted by Crippen LogP contribution is 2.18. The summed E-state index contributed by atoms with van der Waals surface area (Å²) in [6.07, 6.45) is 0. The van der Waals surface area contributed by atoms with Gasteiger partial charge in [0.05, 0.1) is 0 Å². The van der Waals surface area contributed by atoms with Crippen LogP contribution in [0.2, 0.25) is 0 Å². The van der Waals surface area contributed by atoms with Crippen molar-refractivity contribution in [2.45, 2.75) is 26.1 Å². The minimum Gasteiger partial charge on any atom is -0.399 e. The highest BCUT2D eigenvalue weighted by Gasteiger charge is 2.06. The molecule has 3 aromatic rings. The van der Waals surface area contributed by atoms with E-state index in [1.165, 1.54) is 22.9 Å². The lowest BCUT2D eigenvalue weighted by Gasteiger charge is -2.23. The first-order valence-electron chi connectivity index (χ1n) is 9.42. The van der Waals surface area contributed by atoms with Gasteiger partial charge in [-0.15, -0.1) is 0 Å². The Bertz CT molecular complexity index is 1010. The van der Waals surface area contributed by atoms with Gasteiger partial charge in [0.25, 0.3) is 10.1 Å². The molecule has 0 aliphatic carbocycles. The number of aryl methyl sites for hydroxylation is 1. The van der Waals surface area contributed by atoms with Crippen LogP contribution < -0.4 is 10.6 Å². The Morgan fingerprint density at radius 1 is 0.897 bits per heavy atom. The van der Waals surface area contributed by atoms with E-state index in [1.807, 2.05) is 0 Å². The SMILES string of the molecule is CCN(Cc1ccccc1)c1cccc(C)c1.Nc1cccc(CS(=O)(=O)O)c1. The number of anilines is 2. The Labute approximate surface area is 173 Å². The molecule has 0 amide bonds. The Morgan fingerprint density at radius 2 is 1.55 bits per heavy atom. The molecule has 0 atom stereocenters. The fourth-order valence-electron chi connectivity index (χ4n) is 2.91. The lowest BCUT2D eigenvalue weighted by atomic mass is 10.1. The van der Waals surface area contributed by atoms with Crippen LogP contribution in [0.4, 0.5) is 11.4 Å². The average Bonchev–Trinajstić information content (AvgIpc) is 2.66. The van der Waals surface area contributed by atoms with Crippen LogP contribution in [-0.2, 0) is 22.4 Å². The number of nitrogen functional groups attached to an aromatic ring is 1. The monoisotopic (exact) mass is 412 g/mol.